The molecule has 1 aliphatic rings. The van der Waals surface area contributed by atoms with E-state index in [2.05, 4.69) is 0 Å². The van der Waals surface area contributed by atoms with E-state index in [1.54, 1.807) is 13.8 Å². The molecule has 0 saturated carbocycles. The molecule has 24 heavy (non-hydrogen) atoms. The van der Waals surface area contributed by atoms with Crippen molar-refractivity contribution in [2.75, 3.05) is 13.2 Å². The van der Waals surface area contributed by atoms with Gasteiger partial charge in [-0.3, -0.25) is 0 Å². The van der Waals surface area contributed by atoms with Crippen molar-refractivity contribution in [3.63, 3.8) is 0 Å². The lowest BCUT2D eigenvalue weighted by Crippen LogP contribution is -2.24. The molecule has 0 N–H and O–H groups in total. The van der Waals surface area contributed by atoms with Crippen LogP contribution in [0.2, 0.25) is 5.02 Å². The standard InChI is InChI=1S/C18H25ClO5/c1-14(2)23-17(20)24-18(13-22-18)11-5-3-4-6-12-21-16-9-7-15(19)8-10-16/h7-10,14H,3-6,11-13H2,1-2H3. The molecule has 1 unspecified atom stereocenters. The van der Waals surface area contributed by atoms with Crippen LogP contribution in [0.4, 0.5) is 4.79 Å². The molecule has 6 heteroatoms. The number of ether oxygens (including phenoxy) is 4. The average Bonchev–Trinajstić information content (AvgIpc) is 3.27. The molecule has 5 nitrogen and oxygen atoms in total. The predicted molar refractivity (Wildman–Crippen MR) is 91.4 cm³/mol. The summed E-state index contributed by atoms with van der Waals surface area (Å²) in [6, 6.07) is 7.36. The van der Waals surface area contributed by atoms with Crippen LogP contribution in [-0.2, 0) is 14.2 Å². The highest BCUT2D eigenvalue weighted by molar-refractivity contribution is 6.30. The van der Waals surface area contributed by atoms with E-state index in [1.165, 1.54) is 0 Å². The van der Waals surface area contributed by atoms with E-state index in [0.717, 1.165) is 31.4 Å². The van der Waals surface area contributed by atoms with Crippen molar-refractivity contribution in [1.82, 2.24) is 0 Å². The van der Waals surface area contributed by atoms with Crippen LogP contribution in [0.25, 0.3) is 0 Å². The van der Waals surface area contributed by atoms with Gasteiger partial charge in [-0.25, -0.2) is 4.79 Å². The van der Waals surface area contributed by atoms with E-state index in [9.17, 15) is 4.79 Å². The van der Waals surface area contributed by atoms with Gasteiger partial charge in [0.1, 0.15) is 12.4 Å². The van der Waals surface area contributed by atoms with E-state index in [1.807, 2.05) is 24.3 Å². The molecular weight excluding hydrogens is 332 g/mol. The topological polar surface area (TPSA) is 57.3 Å². The second-order valence-corrected chi connectivity index (χ2v) is 6.62. The third-order valence-electron chi connectivity index (χ3n) is 3.60. The molecule has 0 radical (unpaired) electrons. The molecule has 1 atom stereocenters. The Bertz CT molecular complexity index is 511. The third-order valence-corrected chi connectivity index (χ3v) is 3.85. The van der Waals surface area contributed by atoms with Crippen LogP contribution >= 0.6 is 11.6 Å². The second-order valence-electron chi connectivity index (χ2n) is 6.18. The molecule has 1 saturated heterocycles. The minimum Gasteiger partial charge on any atom is -0.494 e. The zero-order chi connectivity index (χ0) is 17.4. The van der Waals surface area contributed by atoms with Crippen LogP contribution in [0.1, 0.15) is 46.0 Å². The summed E-state index contributed by atoms with van der Waals surface area (Å²) in [4.78, 5) is 11.5. The SMILES string of the molecule is CC(C)OC(=O)OC1(CCCCCCOc2ccc(Cl)cc2)CO1. The van der Waals surface area contributed by atoms with Crippen LogP contribution in [0.5, 0.6) is 5.75 Å². The van der Waals surface area contributed by atoms with Crippen molar-refractivity contribution in [1.29, 1.82) is 0 Å². The number of hydrogen-bond acceptors (Lipinski definition) is 5. The molecule has 1 aliphatic heterocycles. The van der Waals surface area contributed by atoms with E-state index in [4.69, 9.17) is 30.5 Å². The highest BCUT2D eigenvalue weighted by Crippen LogP contribution is 2.35. The molecule has 1 fully saturated rings. The minimum atomic E-state index is -0.744. The van der Waals surface area contributed by atoms with E-state index >= 15 is 0 Å². The number of carbonyl (C=O) groups excluding carboxylic acids is 1. The number of epoxide rings is 1. The van der Waals surface area contributed by atoms with Crippen molar-refractivity contribution >= 4 is 17.8 Å². The fraction of sp³-hybridized carbons (Fsp3) is 0.611. The van der Waals surface area contributed by atoms with Gasteiger partial charge >= 0.3 is 6.16 Å². The Morgan fingerprint density at radius 2 is 1.88 bits per heavy atom. The first-order chi connectivity index (χ1) is 11.5. The van der Waals surface area contributed by atoms with Gasteiger partial charge in [0, 0.05) is 11.4 Å². The summed E-state index contributed by atoms with van der Waals surface area (Å²) >= 11 is 5.82. The predicted octanol–water partition coefficient (Wildman–Crippen LogP) is 4.96. The van der Waals surface area contributed by atoms with Gasteiger partial charge in [-0.15, -0.1) is 0 Å². The molecule has 0 amide bonds. The van der Waals surface area contributed by atoms with Crippen LogP contribution < -0.4 is 4.74 Å². The lowest BCUT2D eigenvalue weighted by atomic mass is 10.1. The summed E-state index contributed by atoms with van der Waals surface area (Å²) < 4.78 is 21.1. The Kier molecular flexibility index (Phi) is 7.18. The van der Waals surface area contributed by atoms with Crippen molar-refractivity contribution in [2.45, 2.75) is 57.8 Å². The minimum absolute atomic E-state index is 0.186. The number of rotatable bonds is 10. The molecule has 1 aromatic carbocycles. The van der Waals surface area contributed by atoms with Crippen LogP contribution in [0.3, 0.4) is 0 Å². The Hall–Kier alpha value is -1.46. The highest BCUT2D eigenvalue weighted by atomic mass is 35.5. The molecule has 0 aliphatic carbocycles. The maximum absolute atomic E-state index is 11.5. The molecule has 0 bridgehead atoms. The summed E-state index contributed by atoms with van der Waals surface area (Å²) in [6.45, 7) is 4.71. The van der Waals surface area contributed by atoms with Gasteiger partial charge in [0.15, 0.2) is 0 Å². The molecule has 2 rings (SSSR count). The highest BCUT2D eigenvalue weighted by Gasteiger charge is 2.49. The number of halogens is 1. The van der Waals surface area contributed by atoms with Gasteiger partial charge in [0.05, 0.1) is 12.7 Å². The fourth-order valence-corrected chi connectivity index (χ4v) is 2.40. The molecule has 1 heterocycles. The number of benzene rings is 1. The van der Waals surface area contributed by atoms with Crippen molar-refractivity contribution in [2.24, 2.45) is 0 Å². The zero-order valence-electron chi connectivity index (χ0n) is 14.3. The summed E-state index contributed by atoms with van der Waals surface area (Å²) in [5, 5.41) is 0.707. The lowest BCUT2D eigenvalue weighted by Gasteiger charge is -2.14. The number of hydrogen-bond donors (Lipinski definition) is 0. The van der Waals surface area contributed by atoms with Crippen molar-refractivity contribution in [3.8, 4) is 5.75 Å². The maximum atomic E-state index is 11.5. The van der Waals surface area contributed by atoms with Crippen LogP contribution in [0, 0.1) is 0 Å². The van der Waals surface area contributed by atoms with E-state index < -0.39 is 11.9 Å². The van der Waals surface area contributed by atoms with Crippen LogP contribution in [-0.4, -0.2) is 31.3 Å². The van der Waals surface area contributed by atoms with Crippen molar-refractivity contribution in [3.05, 3.63) is 29.3 Å². The summed E-state index contributed by atoms with van der Waals surface area (Å²) in [5.41, 5.74) is 0. The van der Waals surface area contributed by atoms with Crippen molar-refractivity contribution < 1.29 is 23.7 Å². The Labute approximate surface area is 148 Å². The van der Waals surface area contributed by atoms with Gasteiger partial charge in [-0.2, -0.15) is 0 Å². The first-order valence-corrected chi connectivity index (χ1v) is 8.79. The van der Waals surface area contributed by atoms with Gasteiger partial charge in [-0.05, 0) is 51.0 Å². The van der Waals surface area contributed by atoms with Gasteiger partial charge in [0.25, 0.3) is 0 Å². The quantitative estimate of drug-likeness (QED) is 0.337. The van der Waals surface area contributed by atoms with Gasteiger partial charge in [0.2, 0.25) is 5.79 Å². The number of unbranched alkanes of at least 4 members (excludes halogenated alkanes) is 3. The van der Waals surface area contributed by atoms with Gasteiger partial charge < -0.3 is 18.9 Å². The Morgan fingerprint density at radius 1 is 1.21 bits per heavy atom. The molecule has 0 aromatic heterocycles. The molecule has 134 valence electrons. The molecule has 1 aromatic rings. The monoisotopic (exact) mass is 356 g/mol. The summed E-state index contributed by atoms with van der Waals surface area (Å²) in [5.74, 6) is 0.0907. The smallest absolute Gasteiger partial charge is 0.494 e. The molecule has 0 spiro atoms. The summed E-state index contributed by atoms with van der Waals surface area (Å²) in [7, 11) is 0. The first-order valence-electron chi connectivity index (χ1n) is 8.41. The van der Waals surface area contributed by atoms with Crippen LogP contribution in [0.15, 0.2) is 24.3 Å². The Balaban J connectivity index is 1.50. The van der Waals surface area contributed by atoms with E-state index in [0.29, 0.717) is 24.7 Å². The zero-order valence-corrected chi connectivity index (χ0v) is 15.0. The Morgan fingerprint density at radius 3 is 2.50 bits per heavy atom. The third kappa shape index (κ3) is 6.97. The van der Waals surface area contributed by atoms with E-state index in [-0.39, 0.29) is 6.10 Å². The summed E-state index contributed by atoms with van der Waals surface area (Å²) in [6.07, 6.45) is 3.88. The fourth-order valence-electron chi connectivity index (χ4n) is 2.27. The normalized spacial score (nSPS) is 19.2. The maximum Gasteiger partial charge on any atom is 0.511 e. The second kappa shape index (κ2) is 9.14. The lowest BCUT2D eigenvalue weighted by molar-refractivity contribution is -0.0485. The number of carbonyl (C=O) groups is 1. The van der Waals surface area contributed by atoms with Gasteiger partial charge in [-0.1, -0.05) is 24.4 Å². The molecular formula is C18H25ClO5. The average molecular weight is 357 g/mol. The largest absolute Gasteiger partial charge is 0.511 e. The first kappa shape index (κ1) is 18.9.